The van der Waals surface area contributed by atoms with E-state index in [1.807, 2.05) is 67.4 Å². The number of carbonyl (C=O) groups excluding carboxylic acids is 1. The molecule has 2 rings (SSSR count). The summed E-state index contributed by atoms with van der Waals surface area (Å²) in [5, 5.41) is 0.720. The van der Waals surface area contributed by atoms with Crippen molar-refractivity contribution in [3.05, 3.63) is 70.2 Å². The minimum atomic E-state index is 0.131. The highest BCUT2D eigenvalue weighted by Gasteiger charge is 2.16. The number of hydrogen-bond acceptors (Lipinski definition) is 2. The number of halogens is 1. The maximum absolute atomic E-state index is 12.3. The number of Topliss-reactive ketones (excluding diaryl/α,β-unsaturated/α-hetero) is 1. The molecule has 0 saturated heterocycles. The fraction of sp³-hybridized carbons (Fsp3) is 0.278. The lowest BCUT2D eigenvalue weighted by Gasteiger charge is -2.24. The van der Waals surface area contributed by atoms with Crippen LogP contribution in [-0.2, 0) is 0 Å². The van der Waals surface area contributed by atoms with Gasteiger partial charge in [-0.15, -0.1) is 0 Å². The van der Waals surface area contributed by atoms with Crippen molar-refractivity contribution in [2.45, 2.75) is 19.9 Å². The lowest BCUT2D eigenvalue weighted by molar-refractivity contribution is 0.0925. The van der Waals surface area contributed by atoms with Crippen molar-refractivity contribution in [1.29, 1.82) is 0 Å². The van der Waals surface area contributed by atoms with Crippen LogP contribution in [-0.4, -0.2) is 24.3 Å². The van der Waals surface area contributed by atoms with Crippen molar-refractivity contribution >= 4 is 17.4 Å². The van der Waals surface area contributed by atoms with Crippen molar-refractivity contribution in [2.75, 3.05) is 13.6 Å². The summed E-state index contributed by atoms with van der Waals surface area (Å²) in [6, 6.07) is 15.6. The standard InChI is InChI=1S/C18H20ClNO/c1-13-7-9-15(10-8-13)18(21)12-20(3)14(2)16-5-4-6-17(19)11-16/h4-11,14H,12H2,1-3H3. The molecule has 2 aromatic carbocycles. The Morgan fingerprint density at radius 3 is 2.48 bits per heavy atom. The zero-order valence-corrected chi connectivity index (χ0v) is 13.4. The van der Waals surface area contributed by atoms with E-state index in [1.165, 1.54) is 0 Å². The highest BCUT2D eigenvalue weighted by Crippen LogP contribution is 2.22. The fourth-order valence-corrected chi connectivity index (χ4v) is 2.41. The first-order chi connectivity index (χ1) is 9.97. The van der Waals surface area contributed by atoms with Gasteiger partial charge in [0.25, 0.3) is 0 Å². The quantitative estimate of drug-likeness (QED) is 0.757. The van der Waals surface area contributed by atoms with Gasteiger partial charge in [-0.2, -0.15) is 0 Å². The molecular formula is C18H20ClNO. The Balaban J connectivity index is 2.05. The molecule has 0 amide bonds. The van der Waals surface area contributed by atoms with E-state index in [1.54, 1.807) is 0 Å². The number of benzene rings is 2. The monoisotopic (exact) mass is 301 g/mol. The number of rotatable bonds is 5. The van der Waals surface area contributed by atoms with Gasteiger partial charge in [-0.3, -0.25) is 9.69 Å². The molecule has 21 heavy (non-hydrogen) atoms. The van der Waals surface area contributed by atoms with Crippen LogP contribution in [0.5, 0.6) is 0 Å². The van der Waals surface area contributed by atoms with Gasteiger partial charge >= 0.3 is 0 Å². The number of ketones is 1. The number of carbonyl (C=O) groups is 1. The third-order valence-electron chi connectivity index (χ3n) is 3.76. The molecule has 0 radical (unpaired) electrons. The highest BCUT2D eigenvalue weighted by molar-refractivity contribution is 6.30. The van der Waals surface area contributed by atoms with E-state index >= 15 is 0 Å². The molecule has 0 aliphatic rings. The molecule has 0 heterocycles. The molecule has 0 spiro atoms. The number of likely N-dealkylation sites (N-methyl/N-ethyl adjacent to an activating group) is 1. The van der Waals surface area contributed by atoms with Gasteiger partial charge in [0.1, 0.15) is 0 Å². The van der Waals surface area contributed by atoms with Gasteiger partial charge in [-0.25, -0.2) is 0 Å². The van der Waals surface area contributed by atoms with Crippen molar-refractivity contribution in [3.63, 3.8) is 0 Å². The van der Waals surface area contributed by atoms with Crippen LogP contribution in [0.15, 0.2) is 48.5 Å². The smallest absolute Gasteiger partial charge is 0.176 e. The first-order valence-electron chi connectivity index (χ1n) is 7.03. The first kappa shape index (κ1) is 15.7. The topological polar surface area (TPSA) is 20.3 Å². The number of hydrogen-bond donors (Lipinski definition) is 0. The summed E-state index contributed by atoms with van der Waals surface area (Å²) >= 11 is 6.02. The summed E-state index contributed by atoms with van der Waals surface area (Å²) in [4.78, 5) is 14.3. The normalized spacial score (nSPS) is 12.4. The van der Waals surface area contributed by atoms with Gasteiger partial charge in [-0.05, 0) is 38.6 Å². The Labute approximate surface area is 131 Å². The van der Waals surface area contributed by atoms with Crippen LogP contribution in [0.1, 0.15) is 34.5 Å². The summed E-state index contributed by atoms with van der Waals surface area (Å²) in [6.45, 7) is 4.48. The van der Waals surface area contributed by atoms with Gasteiger partial charge in [0.2, 0.25) is 0 Å². The Bertz CT molecular complexity index is 621. The second-order valence-corrected chi connectivity index (χ2v) is 5.87. The van der Waals surface area contributed by atoms with Crippen LogP contribution in [0.4, 0.5) is 0 Å². The zero-order chi connectivity index (χ0) is 15.4. The molecule has 0 aromatic heterocycles. The fourth-order valence-electron chi connectivity index (χ4n) is 2.22. The lowest BCUT2D eigenvalue weighted by atomic mass is 10.1. The first-order valence-corrected chi connectivity index (χ1v) is 7.41. The summed E-state index contributed by atoms with van der Waals surface area (Å²) in [6.07, 6.45) is 0. The SMILES string of the molecule is Cc1ccc(C(=O)CN(C)C(C)c2cccc(Cl)c2)cc1. The van der Waals surface area contributed by atoms with Gasteiger partial charge in [-0.1, -0.05) is 53.6 Å². The predicted molar refractivity (Wildman–Crippen MR) is 88.0 cm³/mol. The molecule has 1 unspecified atom stereocenters. The number of nitrogens with zero attached hydrogens (tertiary/aromatic N) is 1. The minimum absolute atomic E-state index is 0.131. The molecule has 0 aliphatic heterocycles. The molecule has 0 N–H and O–H groups in total. The van der Waals surface area contributed by atoms with E-state index in [-0.39, 0.29) is 11.8 Å². The molecule has 0 bridgehead atoms. The molecule has 110 valence electrons. The molecular weight excluding hydrogens is 282 g/mol. The van der Waals surface area contributed by atoms with E-state index in [0.29, 0.717) is 6.54 Å². The van der Waals surface area contributed by atoms with Gasteiger partial charge < -0.3 is 0 Å². The van der Waals surface area contributed by atoms with Crippen LogP contribution in [0, 0.1) is 6.92 Å². The van der Waals surface area contributed by atoms with E-state index in [4.69, 9.17) is 11.6 Å². The Hall–Kier alpha value is -1.64. The largest absolute Gasteiger partial charge is 0.293 e. The Kier molecular flexibility index (Phi) is 5.16. The average molecular weight is 302 g/mol. The average Bonchev–Trinajstić information content (AvgIpc) is 2.47. The van der Waals surface area contributed by atoms with E-state index in [9.17, 15) is 4.79 Å². The summed E-state index contributed by atoms with van der Waals surface area (Å²) in [5.74, 6) is 0.131. The van der Waals surface area contributed by atoms with Gasteiger partial charge in [0.05, 0.1) is 6.54 Å². The van der Waals surface area contributed by atoms with Crippen LogP contribution in [0.2, 0.25) is 5.02 Å². The summed E-state index contributed by atoms with van der Waals surface area (Å²) < 4.78 is 0. The highest BCUT2D eigenvalue weighted by atomic mass is 35.5. The third kappa shape index (κ3) is 4.16. The molecule has 2 aromatic rings. The molecule has 0 aliphatic carbocycles. The van der Waals surface area contributed by atoms with Crippen molar-refractivity contribution in [2.24, 2.45) is 0 Å². The van der Waals surface area contributed by atoms with Crippen LogP contribution in [0.25, 0.3) is 0 Å². The molecule has 0 saturated carbocycles. The predicted octanol–water partition coefficient (Wildman–Crippen LogP) is 4.52. The van der Waals surface area contributed by atoms with Crippen LogP contribution in [0.3, 0.4) is 0 Å². The molecule has 0 fully saturated rings. The second-order valence-electron chi connectivity index (χ2n) is 5.44. The van der Waals surface area contributed by atoms with E-state index in [0.717, 1.165) is 21.7 Å². The Morgan fingerprint density at radius 1 is 1.19 bits per heavy atom. The second kappa shape index (κ2) is 6.88. The zero-order valence-electron chi connectivity index (χ0n) is 12.6. The van der Waals surface area contributed by atoms with E-state index < -0.39 is 0 Å². The maximum Gasteiger partial charge on any atom is 0.176 e. The molecule has 3 heteroatoms. The van der Waals surface area contributed by atoms with Gasteiger partial charge in [0.15, 0.2) is 5.78 Å². The number of aryl methyl sites for hydroxylation is 1. The van der Waals surface area contributed by atoms with Crippen molar-refractivity contribution < 1.29 is 4.79 Å². The van der Waals surface area contributed by atoms with Gasteiger partial charge in [0, 0.05) is 16.6 Å². The van der Waals surface area contributed by atoms with Crippen molar-refractivity contribution in [1.82, 2.24) is 4.90 Å². The van der Waals surface area contributed by atoms with Crippen LogP contribution < -0.4 is 0 Å². The van der Waals surface area contributed by atoms with Crippen molar-refractivity contribution in [3.8, 4) is 0 Å². The van der Waals surface area contributed by atoms with Crippen LogP contribution >= 0.6 is 11.6 Å². The third-order valence-corrected chi connectivity index (χ3v) is 3.99. The molecule has 2 nitrogen and oxygen atoms in total. The Morgan fingerprint density at radius 2 is 1.86 bits per heavy atom. The summed E-state index contributed by atoms with van der Waals surface area (Å²) in [7, 11) is 1.96. The minimum Gasteiger partial charge on any atom is -0.293 e. The summed E-state index contributed by atoms with van der Waals surface area (Å²) in [5.41, 5.74) is 3.03. The lowest BCUT2D eigenvalue weighted by Crippen LogP contribution is -2.28. The maximum atomic E-state index is 12.3. The molecule has 1 atom stereocenters. The van der Waals surface area contributed by atoms with E-state index in [2.05, 4.69) is 6.92 Å².